The third-order valence-corrected chi connectivity index (χ3v) is 4.21. The van der Waals surface area contributed by atoms with Gasteiger partial charge < -0.3 is 23.9 Å². The summed E-state index contributed by atoms with van der Waals surface area (Å²) in [6.45, 7) is 1.98. The van der Waals surface area contributed by atoms with Gasteiger partial charge in [0.05, 0.1) is 24.8 Å². The Balaban J connectivity index is 1.49. The van der Waals surface area contributed by atoms with Crippen LogP contribution in [-0.4, -0.2) is 24.8 Å². The second-order valence-corrected chi connectivity index (χ2v) is 6.02. The van der Waals surface area contributed by atoms with E-state index in [2.05, 4.69) is 10.3 Å². The number of hydrogen-bond acceptors (Lipinski definition) is 6. The van der Waals surface area contributed by atoms with Gasteiger partial charge in [-0.15, -0.1) is 0 Å². The van der Waals surface area contributed by atoms with Crippen LogP contribution in [0.4, 0.5) is 5.69 Å². The van der Waals surface area contributed by atoms with Crippen LogP contribution < -0.4 is 19.5 Å². The molecule has 0 saturated heterocycles. The van der Waals surface area contributed by atoms with Gasteiger partial charge in [0.1, 0.15) is 11.5 Å². The molecule has 0 aliphatic carbocycles. The Morgan fingerprint density at radius 1 is 1.19 bits per heavy atom. The molecule has 0 saturated carbocycles. The lowest BCUT2D eigenvalue weighted by molar-refractivity contribution is -0.115. The lowest BCUT2D eigenvalue weighted by Crippen LogP contribution is -2.15. The number of ether oxygens (including phenoxy) is 3. The van der Waals surface area contributed by atoms with Crippen LogP contribution in [0.15, 0.2) is 46.9 Å². The Kier molecular flexibility index (Phi) is 4.42. The first kappa shape index (κ1) is 17.0. The highest BCUT2D eigenvalue weighted by atomic mass is 16.7. The monoisotopic (exact) mass is 366 g/mol. The number of amides is 1. The van der Waals surface area contributed by atoms with Gasteiger partial charge in [0.15, 0.2) is 11.5 Å². The number of nitrogens with one attached hydrogen (secondary N) is 1. The maximum absolute atomic E-state index is 12.4. The predicted octanol–water partition coefficient (Wildman–Crippen LogP) is 3.57. The quantitative estimate of drug-likeness (QED) is 0.743. The van der Waals surface area contributed by atoms with E-state index >= 15 is 0 Å². The van der Waals surface area contributed by atoms with Gasteiger partial charge in [-0.1, -0.05) is 12.1 Å². The van der Waals surface area contributed by atoms with Crippen molar-refractivity contribution in [1.82, 2.24) is 4.98 Å². The van der Waals surface area contributed by atoms with E-state index in [1.165, 1.54) is 0 Å². The normalized spacial score (nSPS) is 12.1. The number of fused-ring (bicyclic) bond motifs is 1. The fourth-order valence-electron chi connectivity index (χ4n) is 2.86. The van der Waals surface area contributed by atoms with Gasteiger partial charge in [-0.3, -0.25) is 4.79 Å². The fraction of sp³-hybridized carbons (Fsp3) is 0.200. The van der Waals surface area contributed by atoms with Crippen LogP contribution in [0.1, 0.15) is 11.5 Å². The molecule has 1 amide bonds. The molecule has 2 aromatic carbocycles. The second kappa shape index (κ2) is 7.03. The van der Waals surface area contributed by atoms with Gasteiger partial charge in [0, 0.05) is 11.8 Å². The maximum atomic E-state index is 12.4. The molecular weight excluding hydrogens is 348 g/mol. The minimum atomic E-state index is -0.197. The molecule has 0 atom stereocenters. The molecule has 7 nitrogen and oxygen atoms in total. The molecule has 7 heteroatoms. The smallest absolute Gasteiger partial charge is 0.231 e. The summed E-state index contributed by atoms with van der Waals surface area (Å²) in [5.74, 6) is 2.77. The number of anilines is 1. The highest BCUT2D eigenvalue weighted by Crippen LogP contribution is 2.34. The SMILES string of the molecule is COc1ccccc1-c1nc(CC(=O)Nc2ccc3c(c2)OCO3)c(C)o1. The standard InChI is InChI=1S/C20H18N2O5/c1-12-15(22-20(27-12)14-5-3-4-6-16(14)24-2)10-19(23)21-13-7-8-17-18(9-13)26-11-25-17/h3-9H,10-11H2,1-2H3,(H,21,23). The molecule has 0 fully saturated rings. The van der Waals surface area contributed by atoms with Gasteiger partial charge >= 0.3 is 0 Å². The third-order valence-electron chi connectivity index (χ3n) is 4.21. The highest BCUT2D eigenvalue weighted by Gasteiger charge is 2.18. The van der Waals surface area contributed by atoms with Crippen LogP contribution in [0.2, 0.25) is 0 Å². The van der Waals surface area contributed by atoms with Crippen LogP contribution in [0.5, 0.6) is 17.2 Å². The molecule has 1 aromatic heterocycles. The van der Waals surface area contributed by atoms with E-state index in [1.807, 2.05) is 24.3 Å². The largest absolute Gasteiger partial charge is 0.496 e. The number of aromatic nitrogens is 1. The summed E-state index contributed by atoms with van der Waals surface area (Å²) < 4.78 is 21.7. The average Bonchev–Trinajstić information content (AvgIpc) is 3.28. The van der Waals surface area contributed by atoms with E-state index in [0.29, 0.717) is 40.3 Å². The number of oxazole rings is 1. The number of carbonyl (C=O) groups excluding carboxylic acids is 1. The summed E-state index contributed by atoms with van der Waals surface area (Å²) in [4.78, 5) is 16.9. The molecule has 0 spiro atoms. The summed E-state index contributed by atoms with van der Waals surface area (Å²) in [6, 6.07) is 12.7. The molecule has 4 rings (SSSR count). The average molecular weight is 366 g/mol. The Morgan fingerprint density at radius 3 is 2.85 bits per heavy atom. The third kappa shape index (κ3) is 3.44. The number of rotatable bonds is 5. The first-order valence-corrected chi connectivity index (χ1v) is 8.43. The zero-order valence-corrected chi connectivity index (χ0v) is 14.9. The number of methoxy groups -OCH3 is 1. The van der Waals surface area contributed by atoms with Crippen LogP contribution in [0.3, 0.4) is 0 Å². The van der Waals surface area contributed by atoms with E-state index < -0.39 is 0 Å². The van der Waals surface area contributed by atoms with Crippen molar-refractivity contribution in [1.29, 1.82) is 0 Å². The van der Waals surface area contributed by atoms with Crippen molar-refractivity contribution >= 4 is 11.6 Å². The number of para-hydroxylation sites is 1. The first-order chi connectivity index (χ1) is 13.1. The van der Waals surface area contributed by atoms with Crippen molar-refractivity contribution in [3.8, 4) is 28.7 Å². The minimum absolute atomic E-state index is 0.0962. The molecular formula is C20H18N2O5. The highest BCUT2D eigenvalue weighted by molar-refractivity contribution is 5.92. The van der Waals surface area contributed by atoms with Gasteiger partial charge in [-0.25, -0.2) is 4.98 Å². The molecule has 2 heterocycles. The molecule has 1 aliphatic heterocycles. The molecule has 3 aromatic rings. The Labute approximate surface area is 155 Å². The Hall–Kier alpha value is -3.48. The summed E-state index contributed by atoms with van der Waals surface area (Å²) in [5.41, 5.74) is 1.95. The van der Waals surface area contributed by atoms with Crippen LogP contribution in [-0.2, 0) is 11.2 Å². The van der Waals surface area contributed by atoms with Crippen LogP contribution in [0, 0.1) is 6.92 Å². The van der Waals surface area contributed by atoms with Crippen molar-refractivity contribution in [2.45, 2.75) is 13.3 Å². The second-order valence-electron chi connectivity index (χ2n) is 6.02. The minimum Gasteiger partial charge on any atom is -0.496 e. The van der Waals surface area contributed by atoms with E-state index in [9.17, 15) is 4.79 Å². The Morgan fingerprint density at radius 2 is 2.00 bits per heavy atom. The fourth-order valence-corrected chi connectivity index (χ4v) is 2.86. The van der Waals surface area contributed by atoms with E-state index in [4.69, 9.17) is 18.6 Å². The van der Waals surface area contributed by atoms with E-state index in [0.717, 1.165) is 5.56 Å². The number of nitrogens with zero attached hydrogens (tertiary/aromatic N) is 1. The van der Waals surface area contributed by atoms with Crippen molar-refractivity contribution in [3.63, 3.8) is 0 Å². The predicted molar refractivity (Wildman–Crippen MR) is 98.1 cm³/mol. The molecule has 1 N–H and O–H groups in total. The van der Waals surface area contributed by atoms with Gasteiger partial charge in [0.2, 0.25) is 18.6 Å². The number of hydrogen-bond donors (Lipinski definition) is 1. The summed E-state index contributed by atoms with van der Waals surface area (Å²) >= 11 is 0. The summed E-state index contributed by atoms with van der Waals surface area (Å²) in [7, 11) is 1.59. The van der Waals surface area contributed by atoms with Crippen molar-refractivity contribution in [3.05, 3.63) is 53.9 Å². The van der Waals surface area contributed by atoms with Gasteiger partial charge in [-0.05, 0) is 31.2 Å². The topological polar surface area (TPSA) is 82.8 Å². The molecule has 0 bridgehead atoms. The molecule has 27 heavy (non-hydrogen) atoms. The van der Waals surface area contributed by atoms with Crippen molar-refractivity contribution in [2.24, 2.45) is 0 Å². The van der Waals surface area contributed by atoms with Crippen LogP contribution in [0.25, 0.3) is 11.5 Å². The first-order valence-electron chi connectivity index (χ1n) is 8.43. The zero-order chi connectivity index (χ0) is 18.8. The van der Waals surface area contributed by atoms with Crippen molar-refractivity contribution < 1.29 is 23.4 Å². The molecule has 138 valence electrons. The van der Waals surface area contributed by atoms with E-state index in [-0.39, 0.29) is 19.1 Å². The number of carbonyl (C=O) groups is 1. The number of benzene rings is 2. The summed E-state index contributed by atoms with van der Waals surface area (Å²) in [5, 5.41) is 2.84. The number of aryl methyl sites for hydroxylation is 1. The van der Waals surface area contributed by atoms with Crippen molar-refractivity contribution in [2.75, 3.05) is 19.2 Å². The zero-order valence-electron chi connectivity index (χ0n) is 14.9. The lowest BCUT2D eigenvalue weighted by Gasteiger charge is -2.05. The molecule has 1 aliphatic rings. The summed E-state index contributed by atoms with van der Waals surface area (Å²) in [6.07, 6.45) is 0.0962. The maximum Gasteiger partial charge on any atom is 0.231 e. The van der Waals surface area contributed by atoms with Gasteiger partial charge in [-0.2, -0.15) is 0 Å². The van der Waals surface area contributed by atoms with Gasteiger partial charge in [0.25, 0.3) is 0 Å². The van der Waals surface area contributed by atoms with E-state index in [1.54, 1.807) is 32.2 Å². The Bertz CT molecular complexity index is 996. The molecule has 0 unspecified atom stereocenters. The van der Waals surface area contributed by atoms with Crippen LogP contribution >= 0.6 is 0 Å². The molecule has 0 radical (unpaired) electrons. The lowest BCUT2D eigenvalue weighted by atomic mass is 10.2.